The van der Waals surface area contributed by atoms with Crippen LogP contribution in [0.15, 0.2) is 12.4 Å². The van der Waals surface area contributed by atoms with Gasteiger partial charge in [-0.2, -0.15) is 17.0 Å². The fraction of sp³-hybridized carbons (Fsp3) is 0.800. The van der Waals surface area contributed by atoms with E-state index >= 15 is 0 Å². The predicted molar refractivity (Wildman–Crippen MR) is 87.2 cm³/mol. The van der Waals surface area contributed by atoms with Gasteiger partial charge in [0.2, 0.25) is 0 Å². The monoisotopic (exact) mass is 342 g/mol. The van der Waals surface area contributed by atoms with Gasteiger partial charge in [-0.15, -0.1) is 0 Å². The lowest BCUT2D eigenvalue weighted by atomic mass is 10.1. The van der Waals surface area contributed by atoms with Crippen molar-refractivity contribution in [2.75, 3.05) is 26.7 Å². The van der Waals surface area contributed by atoms with Crippen molar-refractivity contribution in [3.05, 3.63) is 18.2 Å². The van der Waals surface area contributed by atoms with Gasteiger partial charge in [0.05, 0.1) is 6.10 Å². The lowest BCUT2D eigenvalue weighted by molar-refractivity contribution is 0.0550. The first-order chi connectivity index (χ1) is 11.0. The molecule has 0 radical (unpaired) electrons. The third-order valence-corrected chi connectivity index (χ3v) is 7.01. The van der Waals surface area contributed by atoms with E-state index in [2.05, 4.69) is 4.98 Å². The second-order valence-electron chi connectivity index (χ2n) is 6.40. The first-order valence-corrected chi connectivity index (χ1v) is 9.69. The summed E-state index contributed by atoms with van der Waals surface area (Å²) < 4.78 is 36.8. The number of aryl methyl sites for hydroxylation is 1. The molecule has 0 aromatic carbocycles. The van der Waals surface area contributed by atoms with E-state index in [4.69, 9.17) is 4.74 Å². The van der Waals surface area contributed by atoms with E-state index in [1.54, 1.807) is 21.9 Å². The van der Waals surface area contributed by atoms with E-state index in [0.717, 1.165) is 31.5 Å². The highest BCUT2D eigenvalue weighted by Gasteiger charge is 2.40. The van der Waals surface area contributed by atoms with Crippen molar-refractivity contribution in [3.8, 4) is 0 Å². The Bertz CT molecular complexity index is 630. The Morgan fingerprint density at radius 3 is 2.78 bits per heavy atom. The van der Waals surface area contributed by atoms with E-state index in [1.807, 2.05) is 17.7 Å². The van der Waals surface area contributed by atoms with Gasteiger partial charge in [0.25, 0.3) is 10.2 Å². The first-order valence-electron chi connectivity index (χ1n) is 8.30. The van der Waals surface area contributed by atoms with E-state index < -0.39 is 10.2 Å². The quantitative estimate of drug-likeness (QED) is 0.801. The number of imidazole rings is 1. The molecule has 7 nitrogen and oxygen atoms in total. The van der Waals surface area contributed by atoms with Crippen molar-refractivity contribution in [1.82, 2.24) is 18.2 Å². The van der Waals surface area contributed by atoms with Crippen molar-refractivity contribution < 1.29 is 13.2 Å². The molecule has 8 heteroatoms. The molecule has 2 atom stereocenters. The Morgan fingerprint density at radius 1 is 1.30 bits per heavy atom. The number of aromatic nitrogens is 2. The average Bonchev–Trinajstić information content (AvgIpc) is 3.18. The summed E-state index contributed by atoms with van der Waals surface area (Å²) in [7, 11) is -1.76. The number of piperidine rings is 1. The Morgan fingerprint density at radius 2 is 2.09 bits per heavy atom. The zero-order valence-corrected chi connectivity index (χ0v) is 14.7. The van der Waals surface area contributed by atoms with E-state index in [1.165, 1.54) is 0 Å². The van der Waals surface area contributed by atoms with Gasteiger partial charge in [0, 0.05) is 51.7 Å². The molecule has 2 saturated heterocycles. The van der Waals surface area contributed by atoms with Crippen molar-refractivity contribution in [1.29, 1.82) is 0 Å². The van der Waals surface area contributed by atoms with Crippen LogP contribution in [0.1, 0.15) is 31.5 Å². The molecule has 23 heavy (non-hydrogen) atoms. The molecule has 0 bridgehead atoms. The number of ether oxygens (including phenoxy) is 1. The second kappa shape index (κ2) is 6.88. The summed E-state index contributed by atoms with van der Waals surface area (Å²) in [4.78, 5) is 4.22. The molecule has 2 aliphatic rings. The molecule has 3 rings (SSSR count). The molecule has 1 aromatic rings. The molecule has 2 aliphatic heterocycles. The summed E-state index contributed by atoms with van der Waals surface area (Å²) in [6.07, 6.45) is 7.29. The summed E-state index contributed by atoms with van der Waals surface area (Å²) in [6, 6.07) is 0.0100. The van der Waals surface area contributed by atoms with Crippen molar-refractivity contribution in [3.63, 3.8) is 0 Å². The minimum atomic E-state index is -3.42. The van der Waals surface area contributed by atoms with Gasteiger partial charge in [-0.3, -0.25) is 0 Å². The molecule has 2 unspecified atom stereocenters. The zero-order chi connectivity index (χ0) is 16.4. The maximum atomic E-state index is 13.0. The number of nitrogens with zero attached hydrogens (tertiary/aromatic N) is 4. The molecule has 0 N–H and O–H groups in total. The highest BCUT2D eigenvalue weighted by Crippen LogP contribution is 2.27. The van der Waals surface area contributed by atoms with Gasteiger partial charge < -0.3 is 9.30 Å². The summed E-state index contributed by atoms with van der Waals surface area (Å²) in [5, 5.41) is 0. The number of hydrogen-bond donors (Lipinski definition) is 0. The molecular formula is C15H26N4O3S. The Kier molecular flexibility index (Phi) is 5.05. The van der Waals surface area contributed by atoms with Crippen LogP contribution in [0.2, 0.25) is 0 Å². The van der Waals surface area contributed by atoms with E-state index in [9.17, 15) is 8.42 Å². The summed E-state index contributed by atoms with van der Waals surface area (Å²) in [5.41, 5.74) is 0. The maximum absolute atomic E-state index is 13.0. The van der Waals surface area contributed by atoms with Gasteiger partial charge in [0.15, 0.2) is 0 Å². The van der Waals surface area contributed by atoms with Crippen LogP contribution in [0, 0.1) is 6.92 Å². The third kappa shape index (κ3) is 3.45. The molecule has 0 amide bonds. The molecule has 0 spiro atoms. The maximum Gasteiger partial charge on any atom is 0.282 e. The first kappa shape index (κ1) is 16.9. The molecule has 130 valence electrons. The van der Waals surface area contributed by atoms with Crippen molar-refractivity contribution in [2.24, 2.45) is 0 Å². The normalized spacial score (nSPS) is 27.6. The molecule has 0 saturated carbocycles. The minimum Gasteiger partial charge on any atom is -0.380 e. The van der Waals surface area contributed by atoms with Gasteiger partial charge in [-0.05, 0) is 32.6 Å². The third-order valence-electron chi connectivity index (χ3n) is 4.95. The molecule has 1 aromatic heterocycles. The lowest BCUT2D eigenvalue weighted by Crippen LogP contribution is -2.51. The average molecular weight is 342 g/mol. The lowest BCUT2D eigenvalue weighted by Gasteiger charge is -2.35. The Labute approximate surface area is 138 Å². The van der Waals surface area contributed by atoms with Gasteiger partial charge >= 0.3 is 0 Å². The van der Waals surface area contributed by atoms with Gasteiger partial charge in [-0.1, -0.05) is 0 Å². The fourth-order valence-electron chi connectivity index (χ4n) is 3.57. The highest BCUT2D eigenvalue weighted by atomic mass is 32.2. The van der Waals surface area contributed by atoms with Crippen LogP contribution in [0.25, 0.3) is 0 Å². The van der Waals surface area contributed by atoms with Crippen molar-refractivity contribution in [2.45, 2.75) is 51.3 Å². The fourth-order valence-corrected chi connectivity index (χ4v) is 5.49. The Balaban J connectivity index is 1.74. The van der Waals surface area contributed by atoms with Crippen LogP contribution >= 0.6 is 0 Å². The smallest absolute Gasteiger partial charge is 0.282 e. The number of rotatable bonds is 5. The van der Waals surface area contributed by atoms with E-state index in [-0.39, 0.29) is 12.1 Å². The van der Waals surface area contributed by atoms with Crippen LogP contribution in [0.5, 0.6) is 0 Å². The van der Waals surface area contributed by atoms with E-state index in [0.29, 0.717) is 26.2 Å². The largest absolute Gasteiger partial charge is 0.380 e. The molecular weight excluding hydrogens is 316 g/mol. The van der Waals surface area contributed by atoms with Crippen LogP contribution in [0.3, 0.4) is 0 Å². The zero-order valence-electron chi connectivity index (χ0n) is 13.9. The standard InChI is InChI=1S/C15H26N4O3S/c1-13-16-7-10-17(13)11-14-5-3-9-19(14)23(20,21)18-8-4-6-15(12-18)22-2/h7,10,14-15H,3-6,8-9,11-12H2,1-2H3. The predicted octanol–water partition coefficient (Wildman–Crippen LogP) is 1.01. The Hall–Kier alpha value is -0.960. The van der Waals surface area contributed by atoms with Gasteiger partial charge in [0.1, 0.15) is 5.82 Å². The summed E-state index contributed by atoms with van der Waals surface area (Å²) >= 11 is 0. The molecule has 0 aliphatic carbocycles. The van der Waals surface area contributed by atoms with Crippen LogP contribution in [-0.2, 0) is 21.5 Å². The summed E-state index contributed by atoms with van der Waals surface area (Å²) in [6.45, 7) is 4.28. The van der Waals surface area contributed by atoms with Crippen LogP contribution in [-0.4, -0.2) is 65.5 Å². The molecule has 2 fully saturated rings. The number of hydrogen-bond acceptors (Lipinski definition) is 4. The van der Waals surface area contributed by atoms with Gasteiger partial charge in [-0.25, -0.2) is 4.98 Å². The highest BCUT2D eigenvalue weighted by molar-refractivity contribution is 7.86. The number of methoxy groups -OCH3 is 1. The second-order valence-corrected chi connectivity index (χ2v) is 8.28. The van der Waals surface area contributed by atoms with Crippen LogP contribution in [0.4, 0.5) is 0 Å². The molecule has 3 heterocycles. The SMILES string of the molecule is COC1CCCN(S(=O)(=O)N2CCCC2Cn2ccnc2C)C1. The topological polar surface area (TPSA) is 67.7 Å². The van der Waals surface area contributed by atoms with Crippen molar-refractivity contribution >= 4 is 10.2 Å². The minimum absolute atomic E-state index is 0.00970. The van der Waals surface area contributed by atoms with Crippen LogP contribution < -0.4 is 0 Å². The summed E-state index contributed by atoms with van der Waals surface area (Å²) in [5.74, 6) is 0.923.